The number of carbonyl (C=O) groups excluding carboxylic acids is 1. The van der Waals surface area contributed by atoms with E-state index in [9.17, 15) is 13.6 Å². The molecule has 7 heteroatoms. The number of hydrogen-bond donors (Lipinski definition) is 0. The minimum absolute atomic E-state index is 0.0776. The number of carbonyl (C=O) groups is 1. The van der Waals surface area contributed by atoms with E-state index in [4.69, 9.17) is 9.26 Å². The Balaban J connectivity index is 1.27. The third-order valence-corrected chi connectivity index (χ3v) is 6.41. The highest BCUT2D eigenvalue weighted by Crippen LogP contribution is 2.47. The van der Waals surface area contributed by atoms with Gasteiger partial charge in [-0.05, 0) is 62.0 Å². The Labute approximate surface area is 161 Å². The first-order valence-electron chi connectivity index (χ1n) is 9.89. The second-order valence-electron chi connectivity index (χ2n) is 8.43. The van der Waals surface area contributed by atoms with Crippen molar-refractivity contribution in [2.24, 2.45) is 17.8 Å². The highest BCUT2D eigenvalue weighted by molar-refractivity contribution is 5.92. The van der Waals surface area contributed by atoms with Crippen LogP contribution in [-0.2, 0) is 6.61 Å². The Kier molecular flexibility index (Phi) is 4.33. The van der Waals surface area contributed by atoms with E-state index < -0.39 is 11.6 Å². The first-order valence-corrected chi connectivity index (χ1v) is 9.89. The number of aromatic nitrogens is 1. The lowest BCUT2D eigenvalue weighted by Gasteiger charge is -2.38. The zero-order valence-electron chi connectivity index (χ0n) is 15.4. The average molecular weight is 388 g/mol. The third-order valence-electron chi connectivity index (χ3n) is 6.41. The number of rotatable bonds is 4. The molecule has 3 heterocycles. The molecule has 0 spiro atoms. The Hall–Kier alpha value is -2.44. The second-order valence-corrected chi connectivity index (χ2v) is 8.43. The van der Waals surface area contributed by atoms with Crippen LogP contribution in [0.5, 0.6) is 5.75 Å². The van der Waals surface area contributed by atoms with Gasteiger partial charge in [-0.1, -0.05) is 5.16 Å². The number of hydrogen-bond acceptors (Lipinski definition) is 4. The fourth-order valence-corrected chi connectivity index (χ4v) is 5.40. The van der Waals surface area contributed by atoms with E-state index in [1.54, 1.807) is 6.07 Å². The van der Waals surface area contributed by atoms with Gasteiger partial charge in [0.1, 0.15) is 12.4 Å². The van der Waals surface area contributed by atoms with E-state index in [0.717, 1.165) is 43.4 Å². The van der Waals surface area contributed by atoms with Crippen molar-refractivity contribution < 1.29 is 22.8 Å². The number of amides is 1. The van der Waals surface area contributed by atoms with Crippen molar-refractivity contribution in [1.82, 2.24) is 10.1 Å². The normalized spacial score (nSPS) is 28.4. The third kappa shape index (κ3) is 3.27. The van der Waals surface area contributed by atoms with Crippen LogP contribution in [0.15, 0.2) is 28.8 Å². The molecule has 6 rings (SSSR count). The van der Waals surface area contributed by atoms with Crippen molar-refractivity contribution in [3.63, 3.8) is 0 Å². The molecule has 0 N–H and O–H groups in total. The molecule has 2 aromatic rings. The summed E-state index contributed by atoms with van der Waals surface area (Å²) in [5.41, 5.74) is 0.263. The predicted molar refractivity (Wildman–Crippen MR) is 95.6 cm³/mol. The Morgan fingerprint density at radius 3 is 2.61 bits per heavy atom. The predicted octanol–water partition coefficient (Wildman–Crippen LogP) is 4.18. The maximum Gasteiger partial charge on any atom is 0.276 e. The lowest BCUT2D eigenvalue weighted by molar-refractivity contribution is 0.0622. The van der Waals surface area contributed by atoms with Crippen molar-refractivity contribution in [3.05, 3.63) is 47.4 Å². The molecule has 1 aromatic carbocycles. The van der Waals surface area contributed by atoms with E-state index in [2.05, 4.69) is 5.16 Å². The van der Waals surface area contributed by atoms with Crippen LogP contribution in [0.25, 0.3) is 0 Å². The van der Waals surface area contributed by atoms with Gasteiger partial charge in [0.15, 0.2) is 23.0 Å². The second kappa shape index (κ2) is 6.87. The van der Waals surface area contributed by atoms with Crippen molar-refractivity contribution in [3.8, 4) is 5.75 Å². The van der Waals surface area contributed by atoms with Crippen molar-refractivity contribution in [2.45, 2.75) is 44.8 Å². The first-order chi connectivity index (χ1) is 13.5. The first kappa shape index (κ1) is 17.6. The molecule has 4 bridgehead atoms. The molecule has 2 aliphatic heterocycles. The topological polar surface area (TPSA) is 55.6 Å². The Bertz CT molecular complexity index is 886. The Morgan fingerprint density at radius 1 is 1.11 bits per heavy atom. The number of halogens is 2. The van der Waals surface area contributed by atoms with E-state index in [1.165, 1.54) is 25.3 Å². The van der Waals surface area contributed by atoms with Crippen molar-refractivity contribution in [1.29, 1.82) is 0 Å². The van der Waals surface area contributed by atoms with Crippen LogP contribution in [0.4, 0.5) is 8.78 Å². The highest BCUT2D eigenvalue weighted by atomic mass is 19.1. The molecule has 2 unspecified atom stereocenters. The summed E-state index contributed by atoms with van der Waals surface area (Å²) < 4.78 is 37.2. The van der Waals surface area contributed by atoms with E-state index in [1.807, 2.05) is 4.90 Å². The van der Waals surface area contributed by atoms with Gasteiger partial charge >= 0.3 is 0 Å². The maximum atomic E-state index is 13.7. The zero-order chi connectivity index (χ0) is 19.3. The monoisotopic (exact) mass is 388 g/mol. The summed E-state index contributed by atoms with van der Waals surface area (Å²) >= 11 is 0. The smallest absolute Gasteiger partial charge is 0.276 e. The van der Waals surface area contributed by atoms with Gasteiger partial charge in [0.05, 0.1) is 0 Å². The molecule has 2 saturated carbocycles. The van der Waals surface area contributed by atoms with Crippen LogP contribution in [0.2, 0.25) is 0 Å². The maximum absolute atomic E-state index is 13.7. The summed E-state index contributed by atoms with van der Waals surface area (Å²) in [4.78, 5) is 15.0. The van der Waals surface area contributed by atoms with E-state index >= 15 is 0 Å². The lowest BCUT2D eigenvalue weighted by Crippen LogP contribution is -2.42. The van der Waals surface area contributed by atoms with Gasteiger partial charge in [-0.15, -0.1) is 0 Å². The molecular weight excluding hydrogens is 366 g/mol. The number of fused-ring (bicyclic) bond motifs is 1. The summed E-state index contributed by atoms with van der Waals surface area (Å²) in [6.07, 6.45) is 5.98. The average Bonchev–Trinajstić information content (AvgIpc) is 3.04. The van der Waals surface area contributed by atoms with E-state index in [0.29, 0.717) is 17.7 Å². The van der Waals surface area contributed by atoms with Crippen LogP contribution in [-0.4, -0.2) is 28.6 Å². The standard InChI is InChI=1S/C21H22F2N2O3/c22-15-1-2-20(18(23)8-15)27-11-17-9-19(24-28-17)21(26)25-10-14-4-12-3-13(5-14)7-16(25)6-12/h1-2,8-9,12-14,16H,3-7,10-11H2/t12-,13+,14?,16?. The molecule has 0 radical (unpaired) electrons. The zero-order valence-corrected chi connectivity index (χ0v) is 15.4. The van der Waals surface area contributed by atoms with E-state index in [-0.39, 0.29) is 24.0 Å². The highest BCUT2D eigenvalue weighted by Gasteiger charge is 2.44. The van der Waals surface area contributed by atoms with Gasteiger partial charge in [0.2, 0.25) is 0 Å². The Morgan fingerprint density at radius 2 is 1.86 bits per heavy atom. The molecule has 4 atom stereocenters. The van der Waals surface area contributed by atoms with Crippen LogP contribution >= 0.6 is 0 Å². The SMILES string of the molecule is O=C(c1cc(COc2ccc(F)cc2F)on1)N1CC2C[C@@H]3CC1C[C@H](C2)C3. The molecular formula is C21H22F2N2O3. The van der Waals surface area contributed by atoms with Crippen LogP contribution < -0.4 is 4.74 Å². The molecule has 5 nitrogen and oxygen atoms in total. The molecule has 4 aliphatic rings. The quantitative estimate of drug-likeness (QED) is 0.788. The molecule has 148 valence electrons. The minimum atomic E-state index is -0.786. The summed E-state index contributed by atoms with van der Waals surface area (Å²) in [5.74, 6) is 0.805. The van der Waals surface area contributed by atoms with Gasteiger partial charge in [-0.2, -0.15) is 0 Å². The molecule has 4 fully saturated rings. The molecule has 1 amide bonds. The van der Waals surface area contributed by atoms with Gasteiger partial charge in [-0.25, -0.2) is 8.78 Å². The van der Waals surface area contributed by atoms with Gasteiger partial charge < -0.3 is 14.2 Å². The number of ether oxygens (including phenoxy) is 1. The molecule has 1 aromatic heterocycles. The van der Waals surface area contributed by atoms with Crippen molar-refractivity contribution >= 4 is 5.91 Å². The van der Waals surface area contributed by atoms with Crippen molar-refractivity contribution in [2.75, 3.05) is 6.54 Å². The van der Waals surface area contributed by atoms with Crippen LogP contribution in [0.1, 0.15) is 48.4 Å². The fourth-order valence-electron chi connectivity index (χ4n) is 5.40. The largest absolute Gasteiger partial charge is 0.482 e. The molecule has 2 saturated heterocycles. The van der Waals surface area contributed by atoms with Gasteiger partial charge in [0, 0.05) is 24.7 Å². The fraction of sp³-hybridized carbons (Fsp3) is 0.524. The summed E-state index contributed by atoms with van der Waals surface area (Å²) in [6, 6.07) is 4.95. The number of nitrogens with zero attached hydrogens (tertiary/aromatic N) is 2. The number of benzene rings is 1. The summed E-state index contributed by atoms with van der Waals surface area (Å²) in [7, 11) is 0. The van der Waals surface area contributed by atoms with Gasteiger partial charge in [0.25, 0.3) is 5.91 Å². The van der Waals surface area contributed by atoms with Gasteiger partial charge in [-0.3, -0.25) is 4.79 Å². The molecule has 2 aliphatic carbocycles. The lowest BCUT2D eigenvalue weighted by atomic mass is 9.68. The van der Waals surface area contributed by atoms with Crippen LogP contribution in [0.3, 0.4) is 0 Å². The molecule has 28 heavy (non-hydrogen) atoms. The van der Waals surface area contributed by atoms with Crippen LogP contribution in [0, 0.1) is 29.4 Å². The summed E-state index contributed by atoms with van der Waals surface area (Å²) in [5, 5.41) is 3.92. The minimum Gasteiger partial charge on any atom is -0.482 e. The summed E-state index contributed by atoms with van der Waals surface area (Å²) in [6.45, 7) is 0.717.